The van der Waals surface area contributed by atoms with Crippen LogP contribution >= 0.6 is 23.2 Å². The maximum Gasteiger partial charge on any atom is 0.251 e. The summed E-state index contributed by atoms with van der Waals surface area (Å²) < 4.78 is 5.89. The molecule has 0 bridgehead atoms. The summed E-state index contributed by atoms with van der Waals surface area (Å²) in [5, 5.41) is 4.83. The Balaban J connectivity index is 1.35. The van der Waals surface area contributed by atoms with Crippen molar-refractivity contribution in [3.63, 3.8) is 0 Å². The molecule has 3 aromatic carbocycles. The Bertz CT molecular complexity index is 1170. The van der Waals surface area contributed by atoms with Crippen molar-refractivity contribution in [1.82, 2.24) is 10.3 Å². The van der Waals surface area contributed by atoms with Crippen LogP contribution < -0.4 is 10.1 Å². The zero-order valence-corrected chi connectivity index (χ0v) is 17.6. The summed E-state index contributed by atoms with van der Waals surface area (Å²) in [6, 6.07) is 20.9. The molecule has 0 unspecified atom stereocenters. The van der Waals surface area contributed by atoms with E-state index in [-0.39, 0.29) is 5.91 Å². The second-order valence-corrected chi connectivity index (χ2v) is 7.74. The van der Waals surface area contributed by atoms with E-state index in [2.05, 4.69) is 10.3 Å². The number of fused-ring (bicyclic) bond motifs is 1. The zero-order valence-electron chi connectivity index (χ0n) is 16.1. The molecule has 2 N–H and O–H groups in total. The number of benzene rings is 3. The van der Waals surface area contributed by atoms with Gasteiger partial charge in [0, 0.05) is 35.3 Å². The van der Waals surface area contributed by atoms with E-state index in [1.54, 1.807) is 18.2 Å². The molecule has 0 radical (unpaired) electrons. The highest BCUT2D eigenvalue weighted by Gasteiger charge is 2.09. The van der Waals surface area contributed by atoms with Gasteiger partial charge >= 0.3 is 0 Å². The summed E-state index contributed by atoms with van der Waals surface area (Å²) in [4.78, 5) is 15.6. The van der Waals surface area contributed by atoms with E-state index in [4.69, 9.17) is 27.9 Å². The maximum absolute atomic E-state index is 12.3. The van der Waals surface area contributed by atoms with Crippen LogP contribution in [0.5, 0.6) is 5.75 Å². The SMILES string of the molecule is O=C(NCCc1c[nH]c2cc(OCc3ccccc3)ccc12)c1ccc(Cl)c(Cl)c1. The third-order valence-electron chi connectivity index (χ3n) is 4.85. The summed E-state index contributed by atoms with van der Waals surface area (Å²) in [7, 11) is 0. The zero-order chi connectivity index (χ0) is 20.9. The van der Waals surface area contributed by atoms with Crippen LogP contribution in [-0.4, -0.2) is 17.4 Å². The molecular formula is C24H20Cl2N2O2. The van der Waals surface area contributed by atoms with Crippen molar-refractivity contribution in [1.29, 1.82) is 0 Å². The average molecular weight is 439 g/mol. The third kappa shape index (κ3) is 4.78. The lowest BCUT2D eigenvalue weighted by Crippen LogP contribution is -2.25. The van der Waals surface area contributed by atoms with Gasteiger partial charge in [0.15, 0.2) is 0 Å². The van der Waals surface area contributed by atoms with Crippen molar-refractivity contribution in [2.45, 2.75) is 13.0 Å². The first kappa shape index (κ1) is 20.3. The van der Waals surface area contributed by atoms with Crippen molar-refractivity contribution in [3.05, 3.63) is 99.7 Å². The topological polar surface area (TPSA) is 54.1 Å². The molecule has 0 aliphatic carbocycles. The van der Waals surface area contributed by atoms with E-state index in [0.29, 0.717) is 35.2 Å². The predicted molar refractivity (Wildman–Crippen MR) is 122 cm³/mol. The lowest BCUT2D eigenvalue weighted by Gasteiger charge is -2.07. The summed E-state index contributed by atoms with van der Waals surface area (Å²) >= 11 is 11.9. The van der Waals surface area contributed by atoms with E-state index in [0.717, 1.165) is 27.8 Å². The van der Waals surface area contributed by atoms with E-state index in [1.165, 1.54) is 0 Å². The molecule has 4 rings (SSSR count). The molecule has 1 aromatic heterocycles. The number of nitrogens with one attached hydrogen (secondary N) is 2. The number of rotatable bonds is 7. The van der Waals surface area contributed by atoms with Crippen LogP contribution in [0.15, 0.2) is 72.9 Å². The minimum Gasteiger partial charge on any atom is -0.489 e. The van der Waals surface area contributed by atoms with Crippen LogP contribution in [0.4, 0.5) is 0 Å². The van der Waals surface area contributed by atoms with E-state index < -0.39 is 0 Å². The number of hydrogen-bond acceptors (Lipinski definition) is 2. The molecule has 1 amide bonds. The Labute approximate surface area is 184 Å². The third-order valence-corrected chi connectivity index (χ3v) is 5.59. The first-order valence-electron chi connectivity index (χ1n) is 9.60. The molecule has 0 aliphatic heterocycles. The summed E-state index contributed by atoms with van der Waals surface area (Å²) in [6.07, 6.45) is 2.67. The van der Waals surface area contributed by atoms with Crippen LogP contribution in [-0.2, 0) is 13.0 Å². The van der Waals surface area contributed by atoms with Crippen molar-refractivity contribution in [3.8, 4) is 5.75 Å². The summed E-state index contributed by atoms with van der Waals surface area (Å²) in [6.45, 7) is 1.04. The number of ether oxygens (including phenoxy) is 1. The van der Waals surface area contributed by atoms with Crippen molar-refractivity contribution >= 4 is 40.0 Å². The Kier molecular flexibility index (Phi) is 6.26. The molecule has 0 aliphatic rings. The minimum absolute atomic E-state index is 0.176. The number of amides is 1. The highest BCUT2D eigenvalue weighted by atomic mass is 35.5. The standard InChI is InChI=1S/C24H20Cl2N2O2/c25-21-9-6-17(12-22(21)26)24(29)27-11-10-18-14-28-23-13-19(7-8-20(18)23)30-15-16-4-2-1-3-5-16/h1-9,12-14,28H,10-11,15H2,(H,27,29). The highest BCUT2D eigenvalue weighted by Crippen LogP contribution is 2.25. The normalized spacial score (nSPS) is 10.9. The van der Waals surface area contributed by atoms with Gasteiger partial charge < -0.3 is 15.0 Å². The quantitative estimate of drug-likeness (QED) is 0.370. The molecule has 4 aromatic rings. The monoisotopic (exact) mass is 438 g/mol. The highest BCUT2D eigenvalue weighted by molar-refractivity contribution is 6.42. The van der Waals surface area contributed by atoms with Gasteiger partial charge in [0.2, 0.25) is 0 Å². The molecule has 152 valence electrons. The second kappa shape index (κ2) is 9.24. The lowest BCUT2D eigenvalue weighted by atomic mass is 10.1. The number of aromatic nitrogens is 1. The molecule has 0 atom stereocenters. The van der Waals surface area contributed by atoms with Crippen LogP contribution in [0, 0.1) is 0 Å². The molecule has 30 heavy (non-hydrogen) atoms. The second-order valence-electron chi connectivity index (χ2n) is 6.93. The van der Waals surface area contributed by atoms with Gasteiger partial charge in [-0.25, -0.2) is 0 Å². The molecule has 1 heterocycles. The number of aromatic amines is 1. The molecule has 0 saturated heterocycles. The van der Waals surface area contributed by atoms with Crippen LogP contribution in [0.1, 0.15) is 21.5 Å². The first-order chi connectivity index (χ1) is 14.6. The average Bonchev–Trinajstić information content (AvgIpc) is 3.17. The Hall–Kier alpha value is -2.95. The number of carbonyl (C=O) groups is 1. The number of hydrogen-bond donors (Lipinski definition) is 2. The van der Waals surface area contributed by atoms with E-state index in [1.807, 2.05) is 54.7 Å². The van der Waals surface area contributed by atoms with Gasteiger partial charge in [0.05, 0.1) is 10.0 Å². The maximum atomic E-state index is 12.3. The largest absolute Gasteiger partial charge is 0.489 e. The molecule has 4 nitrogen and oxygen atoms in total. The smallest absolute Gasteiger partial charge is 0.251 e. The van der Waals surface area contributed by atoms with Gasteiger partial charge in [-0.1, -0.05) is 53.5 Å². The van der Waals surface area contributed by atoms with Crippen LogP contribution in [0.25, 0.3) is 10.9 Å². The van der Waals surface area contributed by atoms with Crippen LogP contribution in [0.3, 0.4) is 0 Å². The van der Waals surface area contributed by atoms with Crippen molar-refractivity contribution in [2.75, 3.05) is 6.54 Å². The number of H-pyrrole nitrogens is 1. The van der Waals surface area contributed by atoms with E-state index >= 15 is 0 Å². The van der Waals surface area contributed by atoms with Gasteiger partial charge in [-0.2, -0.15) is 0 Å². The molecule has 0 fully saturated rings. The fourth-order valence-electron chi connectivity index (χ4n) is 3.25. The van der Waals surface area contributed by atoms with Gasteiger partial charge in [0.1, 0.15) is 12.4 Å². The van der Waals surface area contributed by atoms with Gasteiger partial charge in [-0.15, -0.1) is 0 Å². The Morgan fingerprint density at radius 2 is 1.80 bits per heavy atom. The summed E-state index contributed by atoms with van der Waals surface area (Å²) in [5.41, 5.74) is 3.76. The molecular weight excluding hydrogens is 419 g/mol. The van der Waals surface area contributed by atoms with Gasteiger partial charge in [-0.05, 0) is 47.9 Å². The van der Waals surface area contributed by atoms with Crippen molar-refractivity contribution in [2.24, 2.45) is 0 Å². The van der Waals surface area contributed by atoms with Gasteiger partial charge in [-0.3, -0.25) is 4.79 Å². The predicted octanol–water partition coefficient (Wildman–Crippen LogP) is 6.03. The lowest BCUT2D eigenvalue weighted by molar-refractivity contribution is 0.0954. The molecule has 0 spiro atoms. The fraction of sp³-hybridized carbons (Fsp3) is 0.125. The number of carbonyl (C=O) groups excluding carboxylic acids is 1. The number of halogens is 2. The van der Waals surface area contributed by atoms with E-state index in [9.17, 15) is 4.79 Å². The van der Waals surface area contributed by atoms with Gasteiger partial charge in [0.25, 0.3) is 5.91 Å². The first-order valence-corrected chi connectivity index (χ1v) is 10.4. The Morgan fingerprint density at radius 3 is 2.60 bits per heavy atom. The molecule has 0 saturated carbocycles. The van der Waals surface area contributed by atoms with Crippen molar-refractivity contribution < 1.29 is 9.53 Å². The minimum atomic E-state index is -0.176. The Morgan fingerprint density at radius 1 is 0.967 bits per heavy atom. The summed E-state index contributed by atoms with van der Waals surface area (Å²) in [5.74, 6) is 0.637. The fourth-order valence-corrected chi connectivity index (χ4v) is 3.55. The molecule has 6 heteroatoms. The van der Waals surface area contributed by atoms with Crippen LogP contribution in [0.2, 0.25) is 10.0 Å².